The Morgan fingerprint density at radius 2 is 1.76 bits per heavy atom. The molecule has 4 rings (SSSR count). The summed E-state index contributed by atoms with van der Waals surface area (Å²) in [5.74, 6) is 0.533. The molecule has 0 saturated carbocycles. The van der Waals surface area contributed by atoms with Crippen molar-refractivity contribution in [3.63, 3.8) is 0 Å². The van der Waals surface area contributed by atoms with Crippen LogP contribution in [0.25, 0.3) is 0 Å². The Hall–Kier alpha value is -2.67. The predicted molar refractivity (Wildman–Crippen MR) is 131 cm³/mol. The number of morpholine rings is 1. The van der Waals surface area contributed by atoms with Crippen LogP contribution in [0.5, 0.6) is 11.5 Å². The number of methoxy groups -OCH3 is 1. The maximum atomic E-state index is 13.3. The SMILES string of the molecule is COc1cc(CNc2ccc(N3CCOCC3)cc2)cc(Cl)c1OCc1ccc(F)cc1Cl. The minimum Gasteiger partial charge on any atom is -0.493 e. The highest BCUT2D eigenvalue weighted by Crippen LogP contribution is 2.37. The van der Waals surface area contributed by atoms with E-state index in [1.807, 2.05) is 12.1 Å². The second-order valence-electron chi connectivity index (χ2n) is 7.63. The fourth-order valence-corrected chi connectivity index (χ4v) is 4.13. The molecule has 8 heteroatoms. The molecule has 0 spiro atoms. The lowest BCUT2D eigenvalue weighted by Gasteiger charge is -2.29. The maximum absolute atomic E-state index is 13.3. The minimum absolute atomic E-state index is 0.141. The first-order valence-corrected chi connectivity index (χ1v) is 11.4. The van der Waals surface area contributed by atoms with Crippen LogP contribution in [0.2, 0.25) is 10.0 Å². The Balaban J connectivity index is 1.39. The van der Waals surface area contributed by atoms with Crippen LogP contribution in [-0.2, 0) is 17.9 Å². The lowest BCUT2D eigenvalue weighted by Crippen LogP contribution is -2.36. The molecule has 1 N–H and O–H groups in total. The van der Waals surface area contributed by atoms with E-state index in [9.17, 15) is 4.39 Å². The number of ether oxygens (including phenoxy) is 3. The fourth-order valence-electron chi connectivity index (χ4n) is 3.62. The first-order chi connectivity index (χ1) is 16.0. The molecule has 1 fully saturated rings. The maximum Gasteiger partial charge on any atom is 0.180 e. The summed E-state index contributed by atoms with van der Waals surface area (Å²) in [7, 11) is 1.56. The number of nitrogens with zero attached hydrogens (tertiary/aromatic N) is 1. The van der Waals surface area contributed by atoms with Gasteiger partial charge in [0.1, 0.15) is 12.4 Å². The molecule has 1 aliphatic rings. The van der Waals surface area contributed by atoms with Crippen molar-refractivity contribution in [1.29, 1.82) is 0 Å². The molecule has 0 aromatic heterocycles. The van der Waals surface area contributed by atoms with E-state index in [2.05, 4.69) is 34.5 Å². The highest BCUT2D eigenvalue weighted by atomic mass is 35.5. The second kappa shape index (κ2) is 11.0. The molecule has 0 unspecified atom stereocenters. The summed E-state index contributed by atoms with van der Waals surface area (Å²) in [4.78, 5) is 2.32. The van der Waals surface area contributed by atoms with Crippen LogP contribution in [0.3, 0.4) is 0 Å². The van der Waals surface area contributed by atoms with Gasteiger partial charge in [0, 0.05) is 36.6 Å². The highest BCUT2D eigenvalue weighted by Gasteiger charge is 2.14. The van der Waals surface area contributed by atoms with E-state index >= 15 is 0 Å². The van der Waals surface area contributed by atoms with Crippen LogP contribution < -0.4 is 19.7 Å². The Bertz CT molecular complexity index is 1090. The smallest absolute Gasteiger partial charge is 0.180 e. The normalized spacial score (nSPS) is 13.6. The van der Waals surface area contributed by atoms with Crippen LogP contribution in [0.15, 0.2) is 54.6 Å². The number of anilines is 2. The molecular weight excluding hydrogens is 466 g/mol. The number of benzene rings is 3. The average Bonchev–Trinajstić information content (AvgIpc) is 2.83. The summed E-state index contributed by atoms with van der Waals surface area (Å²) >= 11 is 12.6. The molecule has 33 heavy (non-hydrogen) atoms. The molecule has 0 bridgehead atoms. The van der Waals surface area contributed by atoms with Crippen molar-refractivity contribution in [2.75, 3.05) is 43.6 Å². The van der Waals surface area contributed by atoms with E-state index < -0.39 is 5.82 Å². The zero-order valence-corrected chi connectivity index (χ0v) is 19.8. The Morgan fingerprint density at radius 1 is 1.00 bits per heavy atom. The van der Waals surface area contributed by atoms with Gasteiger partial charge in [-0.05, 0) is 54.1 Å². The molecule has 3 aromatic rings. The van der Waals surface area contributed by atoms with E-state index in [1.165, 1.54) is 17.8 Å². The minimum atomic E-state index is -0.396. The van der Waals surface area contributed by atoms with Crippen molar-refractivity contribution < 1.29 is 18.6 Å². The van der Waals surface area contributed by atoms with Gasteiger partial charge in [-0.15, -0.1) is 0 Å². The van der Waals surface area contributed by atoms with Gasteiger partial charge < -0.3 is 24.4 Å². The largest absolute Gasteiger partial charge is 0.493 e. The third-order valence-corrected chi connectivity index (χ3v) is 6.05. The van der Waals surface area contributed by atoms with Gasteiger partial charge in [0.15, 0.2) is 11.5 Å². The van der Waals surface area contributed by atoms with Gasteiger partial charge in [0.05, 0.1) is 30.4 Å². The van der Waals surface area contributed by atoms with Crippen LogP contribution in [0.4, 0.5) is 15.8 Å². The van der Waals surface area contributed by atoms with Crippen molar-refractivity contribution in [3.8, 4) is 11.5 Å². The summed E-state index contributed by atoms with van der Waals surface area (Å²) in [6.45, 7) is 4.05. The van der Waals surface area contributed by atoms with Crippen LogP contribution in [0.1, 0.15) is 11.1 Å². The molecule has 0 aliphatic carbocycles. The molecule has 0 atom stereocenters. The number of halogens is 3. The van der Waals surface area contributed by atoms with Crippen molar-refractivity contribution in [3.05, 3.63) is 81.6 Å². The highest BCUT2D eigenvalue weighted by molar-refractivity contribution is 6.32. The molecule has 0 amide bonds. The van der Waals surface area contributed by atoms with E-state index in [0.29, 0.717) is 33.7 Å². The second-order valence-corrected chi connectivity index (χ2v) is 8.45. The zero-order valence-electron chi connectivity index (χ0n) is 18.2. The van der Waals surface area contributed by atoms with Crippen molar-refractivity contribution in [1.82, 2.24) is 0 Å². The van der Waals surface area contributed by atoms with Gasteiger partial charge in [0.25, 0.3) is 0 Å². The lowest BCUT2D eigenvalue weighted by atomic mass is 10.2. The molecule has 3 aromatic carbocycles. The van der Waals surface area contributed by atoms with Crippen molar-refractivity contribution in [2.24, 2.45) is 0 Å². The van der Waals surface area contributed by atoms with Crippen LogP contribution in [-0.4, -0.2) is 33.4 Å². The summed E-state index contributed by atoms with van der Waals surface area (Å²) in [5.41, 5.74) is 3.80. The summed E-state index contributed by atoms with van der Waals surface area (Å²) in [6.07, 6.45) is 0. The van der Waals surface area contributed by atoms with Crippen LogP contribution in [0, 0.1) is 5.82 Å². The first-order valence-electron chi connectivity index (χ1n) is 10.6. The molecule has 1 saturated heterocycles. The van der Waals surface area contributed by atoms with Crippen molar-refractivity contribution >= 4 is 34.6 Å². The molecule has 0 radical (unpaired) electrons. The van der Waals surface area contributed by atoms with Gasteiger partial charge in [-0.1, -0.05) is 29.3 Å². The molecular formula is C25H25Cl2FN2O3. The van der Waals surface area contributed by atoms with E-state index in [-0.39, 0.29) is 6.61 Å². The predicted octanol–water partition coefficient (Wildman–Crippen LogP) is 6.17. The summed E-state index contributed by atoms with van der Waals surface area (Å²) in [5, 5.41) is 4.13. The number of hydrogen-bond donors (Lipinski definition) is 1. The van der Waals surface area contributed by atoms with Gasteiger partial charge in [0.2, 0.25) is 0 Å². The molecule has 174 valence electrons. The van der Waals surface area contributed by atoms with Gasteiger partial charge in [-0.25, -0.2) is 4.39 Å². The van der Waals surface area contributed by atoms with E-state index in [4.69, 9.17) is 37.4 Å². The van der Waals surface area contributed by atoms with Gasteiger partial charge in [-0.2, -0.15) is 0 Å². The van der Waals surface area contributed by atoms with Gasteiger partial charge >= 0.3 is 0 Å². The Labute approximate surface area is 203 Å². The Kier molecular flexibility index (Phi) is 7.81. The van der Waals surface area contributed by atoms with Crippen LogP contribution >= 0.6 is 23.2 Å². The third kappa shape index (κ3) is 6.02. The topological polar surface area (TPSA) is 43.0 Å². The zero-order chi connectivity index (χ0) is 23.2. The number of rotatable bonds is 8. The quantitative estimate of drug-likeness (QED) is 0.408. The van der Waals surface area contributed by atoms with E-state index in [1.54, 1.807) is 13.2 Å². The molecule has 1 heterocycles. The molecule has 1 aliphatic heterocycles. The number of nitrogens with one attached hydrogen (secondary N) is 1. The first kappa shape index (κ1) is 23.5. The third-order valence-electron chi connectivity index (χ3n) is 5.42. The lowest BCUT2D eigenvalue weighted by molar-refractivity contribution is 0.122. The fraction of sp³-hybridized carbons (Fsp3) is 0.280. The monoisotopic (exact) mass is 490 g/mol. The Morgan fingerprint density at radius 3 is 2.45 bits per heavy atom. The van der Waals surface area contributed by atoms with Gasteiger partial charge in [-0.3, -0.25) is 0 Å². The average molecular weight is 491 g/mol. The number of hydrogen-bond acceptors (Lipinski definition) is 5. The summed E-state index contributed by atoms with van der Waals surface area (Å²) < 4.78 is 30.0. The standard InChI is InChI=1S/C25H25Cl2FN2O3/c1-31-24-13-17(12-23(27)25(24)33-16-18-2-3-19(28)14-22(18)26)15-29-20-4-6-21(7-5-20)30-8-10-32-11-9-30/h2-7,12-14,29H,8-11,15-16H2,1H3. The van der Waals surface area contributed by atoms with Crippen molar-refractivity contribution in [2.45, 2.75) is 13.2 Å². The van der Waals surface area contributed by atoms with E-state index in [0.717, 1.165) is 37.6 Å². The summed E-state index contributed by atoms with van der Waals surface area (Å²) in [6, 6.07) is 16.2. The molecule has 5 nitrogen and oxygen atoms in total.